The molecule has 0 unspecified atom stereocenters. The summed E-state index contributed by atoms with van der Waals surface area (Å²) in [4.78, 5) is 0. The molecule has 0 aliphatic heterocycles. The van der Waals surface area contributed by atoms with Crippen LogP contribution in [0.15, 0.2) is 0 Å². The Labute approximate surface area is 125 Å². The van der Waals surface area contributed by atoms with Crippen LogP contribution < -0.4 is 0 Å². The molecule has 0 aromatic carbocycles. The van der Waals surface area contributed by atoms with Crippen LogP contribution in [0.2, 0.25) is 0 Å². The van der Waals surface area contributed by atoms with E-state index in [4.69, 9.17) is 23.8 Å². The average molecular weight is 291 g/mol. The first-order valence-corrected chi connectivity index (χ1v) is 8.49. The van der Waals surface area contributed by atoms with Crippen LogP contribution in [0.4, 0.5) is 0 Å². The third kappa shape index (κ3) is 10.3. The van der Waals surface area contributed by atoms with Gasteiger partial charge >= 0.3 is 0 Å². The van der Waals surface area contributed by atoms with Crippen LogP contribution in [-0.4, -0.2) is 4.32 Å². The lowest BCUT2D eigenvalue weighted by Crippen LogP contribution is -2.17. The summed E-state index contributed by atoms with van der Waals surface area (Å²) in [6.45, 7) is 6.57. The molecule has 0 aromatic heterocycles. The SMILES string of the molecule is CCCCCCCCCCCCC(C)(C)C(=S)Cl. The first-order chi connectivity index (χ1) is 8.50. The van der Waals surface area contributed by atoms with Crippen molar-refractivity contribution in [3.05, 3.63) is 0 Å². The Balaban J connectivity index is 3.24. The zero-order chi connectivity index (χ0) is 13.9. The summed E-state index contributed by atoms with van der Waals surface area (Å²) in [5.74, 6) is 0. The number of halogens is 1. The summed E-state index contributed by atoms with van der Waals surface area (Å²) >= 11 is 11.0. The highest BCUT2D eigenvalue weighted by atomic mass is 35.5. The monoisotopic (exact) mass is 290 g/mol. The average Bonchev–Trinajstić information content (AvgIpc) is 2.31. The summed E-state index contributed by atoms with van der Waals surface area (Å²) in [7, 11) is 0. The smallest absolute Gasteiger partial charge is 0.0759 e. The molecule has 0 radical (unpaired) electrons. The number of hydrogen-bond donors (Lipinski definition) is 0. The van der Waals surface area contributed by atoms with E-state index in [1.807, 2.05) is 0 Å². The molecule has 0 saturated carbocycles. The Morgan fingerprint density at radius 3 is 1.61 bits per heavy atom. The van der Waals surface area contributed by atoms with Crippen molar-refractivity contribution in [1.29, 1.82) is 0 Å². The Morgan fingerprint density at radius 1 is 0.833 bits per heavy atom. The van der Waals surface area contributed by atoms with E-state index in [0.717, 1.165) is 6.42 Å². The van der Waals surface area contributed by atoms with Crippen LogP contribution in [0.3, 0.4) is 0 Å². The van der Waals surface area contributed by atoms with Crippen molar-refractivity contribution < 1.29 is 0 Å². The molecular weight excluding hydrogens is 260 g/mol. The molecule has 0 amide bonds. The lowest BCUT2D eigenvalue weighted by Gasteiger charge is -2.21. The van der Waals surface area contributed by atoms with Gasteiger partial charge in [0.1, 0.15) is 0 Å². The van der Waals surface area contributed by atoms with Crippen molar-refractivity contribution in [2.45, 2.75) is 91.4 Å². The van der Waals surface area contributed by atoms with Gasteiger partial charge in [0.25, 0.3) is 0 Å². The van der Waals surface area contributed by atoms with Gasteiger partial charge in [-0.1, -0.05) is 109 Å². The molecule has 0 atom stereocenters. The molecule has 0 fully saturated rings. The maximum absolute atomic E-state index is 5.92. The second-order valence-electron chi connectivity index (χ2n) is 6.09. The fraction of sp³-hybridized carbons (Fsp3) is 0.938. The molecule has 18 heavy (non-hydrogen) atoms. The summed E-state index contributed by atoms with van der Waals surface area (Å²) in [5, 5.41) is 0. The van der Waals surface area contributed by atoms with E-state index in [1.54, 1.807) is 0 Å². The molecule has 0 aliphatic carbocycles. The third-order valence-corrected chi connectivity index (χ3v) is 4.75. The fourth-order valence-electron chi connectivity index (χ4n) is 2.15. The highest BCUT2D eigenvalue weighted by Gasteiger charge is 2.20. The van der Waals surface area contributed by atoms with E-state index in [1.165, 1.54) is 64.2 Å². The van der Waals surface area contributed by atoms with E-state index in [2.05, 4.69) is 20.8 Å². The molecule has 0 rings (SSSR count). The van der Waals surface area contributed by atoms with Gasteiger partial charge in [0.05, 0.1) is 4.32 Å². The van der Waals surface area contributed by atoms with Gasteiger partial charge in [-0.25, -0.2) is 0 Å². The predicted molar refractivity (Wildman–Crippen MR) is 88.7 cm³/mol. The van der Waals surface area contributed by atoms with Gasteiger partial charge in [0.15, 0.2) is 0 Å². The van der Waals surface area contributed by atoms with E-state index < -0.39 is 0 Å². The molecule has 0 nitrogen and oxygen atoms in total. The van der Waals surface area contributed by atoms with Gasteiger partial charge in [0, 0.05) is 5.41 Å². The van der Waals surface area contributed by atoms with Crippen molar-refractivity contribution in [3.63, 3.8) is 0 Å². The summed E-state index contributed by atoms with van der Waals surface area (Å²) in [6, 6.07) is 0. The number of unbranched alkanes of at least 4 members (excludes halogenated alkanes) is 9. The van der Waals surface area contributed by atoms with Crippen molar-refractivity contribution in [3.8, 4) is 0 Å². The first kappa shape index (κ1) is 18.4. The molecule has 0 spiro atoms. The Morgan fingerprint density at radius 2 is 1.22 bits per heavy atom. The van der Waals surface area contributed by atoms with Crippen LogP contribution >= 0.6 is 23.8 Å². The van der Waals surface area contributed by atoms with Crippen LogP contribution in [0, 0.1) is 5.41 Å². The Hall–Kier alpha value is 0.380. The molecule has 0 saturated heterocycles. The standard InChI is InChI=1S/C16H31ClS/c1-4-5-6-7-8-9-10-11-12-13-14-16(2,3)15(17)18/h4-14H2,1-3H3. The number of thiocarbonyl (C=S) groups is 1. The van der Waals surface area contributed by atoms with Crippen molar-refractivity contribution in [1.82, 2.24) is 0 Å². The van der Waals surface area contributed by atoms with Crippen LogP contribution in [-0.2, 0) is 0 Å². The maximum Gasteiger partial charge on any atom is 0.0864 e. The zero-order valence-corrected chi connectivity index (χ0v) is 14.1. The van der Waals surface area contributed by atoms with Gasteiger partial charge < -0.3 is 0 Å². The molecule has 0 heterocycles. The molecular formula is C16H31ClS. The molecule has 0 bridgehead atoms. The maximum atomic E-state index is 5.92. The molecule has 2 heteroatoms. The van der Waals surface area contributed by atoms with Gasteiger partial charge in [-0.15, -0.1) is 0 Å². The first-order valence-electron chi connectivity index (χ1n) is 7.70. The summed E-state index contributed by atoms with van der Waals surface area (Å²) in [6.07, 6.45) is 15.0. The minimum Gasteiger partial charge on any atom is -0.0759 e. The second kappa shape index (κ2) is 11.2. The summed E-state index contributed by atoms with van der Waals surface area (Å²) in [5.41, 5.74) is 0.0387. The molecule has 0 aromatic rings. The highest BCUT2D eigenvalue weighted by Crippen LogP contribution is 2.28. The quantitative estimate of drug-likeness (QED) is 0.214. The molecule has 0 N–H and O–H groups in total. The zero-order valence-electron chi connectivity index (χ0n) is 12.6. The van der Waals surface area contributed by atoms with Gasteiger partial charge in [-0.05, 0) is 6.42 Å². The van der Waals surface area contributed by atoms with Crippen LogP contribution in [0.25, 0.3) is 0 Å². The second-order valence-corrected chi connectivity index (χ2v) is 7.10. The van der Waals surface area contributed by atoms with E-state index in [0.29, 0.717) is 4.32 Å². The van der Waals surface area contributed by atoms with Gasteiger partial charge in [-0.2, -0.15) is 0 Å². The predicted octanol–water partition coefficient (Wildman–Crippen LogP) is 6.89. The Bertz CT molecular complexity index is 211. The summed E-state index contributed by atoms with van der Waals surface area (Å²) < 4.78 is 0.637. The molecule has 108 valence electrons. The Kier molecular flexibility index (Phi) is 11.5. The van der Waals surface area contributed by atoms with E-state index in [9.17, 15) is 0 Å². The highest BCUT2D eigenvalue weighted by molar-refractivity contribution is 7.83. The normalized spacial score (nSPS) is 11.8. The number of rotatable bonds is 12. The largest absolute Gasteiger partial charge is 0.0864 e. The topological polar surface area (TPSA) is 0 Å². The van der Waals surface area contributed by atoms with Gasteiger partial charge in [0.2, 0.25) is 0 Å². The molecule has 0 aliphatic rings. The third-order valence-electron chi connectivity index (χ3n) is 3.69. The van der Waals surface area contributed by atoms with Crippen molar-refractivity contribution in [2.75, 3.05) is 0 Å². The van der Waals surface area contributed by atoms with Crippen LogP contribution in [0.5, 0.6) is 0 Å². The van der Waals surface area contributed by atoms with E-state index >= 15 is 0 Å². The van der Waals surface area contributed by atoms with Crippen LogP contribution in [0.1, 0.15) is 91.4 Å². The van der Waals surface area contributed by atoms with E-state index in [-0.39, 0.29) is 5.41 Å². The lowest BCUT2D eigenvalue weighted by molar-refractivity contribution is 0.446. The van der Waals surface area contributed by atoms with Crippen molar-refractivity contribution >= 4 is 28.1 Å². The fourth-order valence-corrected chi connectivity index (χ4v) is 2.35. The van der Waals surface area contributed by atoms with Gasteiger partial charge in [-0.3, -0.25) is 0 Å². The van der Waals surface area contributed by atoms with Crippen molar-refractivity contribution in [2.24, 2.45) is 5.41 Å². The number of hydrogen-bond acceptors (Lipinski definition) is 1. The minimum absolute atomic E-state index is 0.0387. The lowest BCUT2D eigenvalue weighted by atomic mass is 9.89. The minimum atomic E-state index is 0.0387.